The van der Waals surface area contributed by atoms with Gasteiger partial charge in [-0.05, 0) is 56.2 Å². The standard InChI is InChI=1S/C18H27N3O/c22-18(21-11-1-2-12-21)8-7-16-6-4-10-20(14-16)15-17-5-3-9-19-13-17/h3,5,9,13,16H,1-2,4,6-8,10-12,14-15H2/t16-/m0/s1. The van der Waals surface area contributed by atoms with Crippen molar-refractivity contribution in [3.63, 3.8) is 0 Å². The van der Waals surface area contributed by atoms with Crippen LogP contribution in [0.25, 0.3) is 0 Å². The number of rotatable bonds is 5. The Hall–Kier alpha value is -1.42. The smallest absolute Gasteiger partial charge is 0.222 e. The average Bonchev–Trinajstić information content (AvgIpc) is 3.08. The topological polar surface area (TPSA) is 36.4 Å². The maximum atomic E-state index is 12.2. The summed E-state index contributed by atoms with van der Waals surface area (Å²) in [6, 6.07) is 4.15. The molecule has 2 saturated heterocycles. The quantitative estimate of drug-likeness (QED) is 0.839. The van der Waals surface area contributed by atoms with Crippen molar-refractivity contribution in [2.75, 3.05) is 26.2 Å². The molecule has 0 N–H and O–H groups in total. The molecule has 1 amide bonds. The van der Waals surface area contributed by atoms with Gasteiger partial charge in [0.2, 0.25) is 5.91 Å². The highest BCUT2D eigenvalue weighted by molar-refractivity contribution is 5.76. The highest BCUT2D eigenvalue weighted by Crippen LogP contribution is 2.23. The van der Waals surface area contributed by atoms with Crippen molar-refractivity contribution in [1.82, 2.24) is 14.8 Å². The first-order valence-electron chi connectivity index (χ1n) is 8.70. The first kappa shape index (κ1) is 15.5. The lowest BCUT2D eigenvalue weighted by atomic mass is 9.93. The van der Waals surface area contributed by atoms with Gasteiger partial charge in [-0.3, -0.25) is 14.7 Å². The summed E-state index contributed by atoms with van der Waals surface area (Å²) in [5.74, 6) is 1.05. The number of amides is 1. The summed E-state index contributed by atoms with van der Waals surface area (Å²) in [6.45, 7) is 5.26. The second-order valence-electron chi connectivity index (χ2n) is 6.73. The van der Waals surface area contributed by atoms with E-state index in [1.807, 2.05) is 18.5 Å². The van der Waals surface area contributed by atoms with Crippen LogP contribution in [0.1, 0.15) is 44.1 Å². The molecular weight excluding hydrogens is 274 g/mol. The summed E-state index contributed by atoms with van der Waals surface area (Å²) in [6.07, 6.45) is 10.5. The highest BCUT2D eigenvalue weighted by Gasteiger charge is 2.23. The Balaban J connectivity index is 1.43. The Bertz CT molecular complexity index is 470. The lowest BCUT2D eigenvalue weighted by Crippen LogP contribution is -2.36. The van der Waals surface area contributed by atoms with Crippen LogP contribution in [0.3, 0.4) is 0 Å². The van der Waals surface area contributed by atoms with Gasteiger partial charge in [0, 0.05) is 45.0 Å². The van der Waals surface area contributed by atoms with Crippen LogP contribution in [0.15, 0.2) is 24.5 Å². The van der Waals surface area contributed by atoms with E-state index in [4.69, 9.17) is 0 Å². The Labute approximate surface area is 133 Å². The largest absolute Gasteiger partial charge is 0.343 e. The highest BCUT2D eigenvalue weighted by atomic mass is 16.2. The SMILES string of the molecule is O=C(CC[C@@H]1CCCN(Cc2cccnc2)C1)N1CCCC1. The number of nitrogens with zero attached hydrogens (tertiary/aromatic N) is 3. The molecule has 0 saturated carbocycles. The van der Waals surface area contributed by atoms with E-state index in [0.29, 0.717) is 11.8 Å². The van der Waals surface area contributed by atoms with Crippen LogP contribution < -0.4 is 0 Å². The summed E-state index contributed by atoms with van der Waals surface area (Å²) in [4.78, 5) is 20.9. The third kappa shape index (κ3) is 4.29. The Kier molecular flexibility index (Phi) is 5.43. The van der Waals surface area contributed by atoms with Gasteiger partial charge < -0.3 is 4.90 Å². The van der Waals surface area contributed by atoms with Gasteiger partial charge in [-0.25, -0.2) is 0 Å². The van der Waals surface area contributed by atoms with Gasteiger partial charge in [-0.2, -0.15) is 0 Å². The normalized spacial score (nSPS) is 22.9. The van der Waals surface area contributed by atoms with E-state index >= 15 is 0 Å². The van der Waals surface area contributed by atoms with E-state index in [0.717, 1.165) is 39.0 Å². The number of aromatic nitrogens is 1. The van der Waals surface area contributed by atoms with Crippen molar-refractivity contribution in [3.8, 4) is 0 Å². The van der Waals surface area contributed by atoms with Crippen LogP contribution in [0.2, 0.25) is 0 Å². The second-order valence-corrected chi connectivity index (χ2v) is 6.73. The van der Waals surface area contributed by atoms with Crippen LogP contribution in [0.4, 0.5) is 0 Å². The van der Waals surface area contributed by atoms with Crippen LogP contribution in [0.5, 0.6) is 0 Å². The van der Waals surface area contributed by atoms with Gasteiger partial charge in [-0.15, -0.1) is 0 Å². The van der Waals surface area contributed by atoms with E-state index in [9.17, 15) is 4.79 Å². The number of hydrogen-bond acceptors (Lipinski definition) is 3. The number of hydrogen-bond donors (Lipinski definition) is 0. The molecule has 1 atom stereocenters. The summed E-state index contributed by atoms with van der Waals surface area (Å²) >= 11 is 0. The molecule has 1 aromatic rings. The molecule has 0 aliphatic carbocycles. The lowest BCUT2D eigenvalue weighted by molar-refractivity contribution is -0.130. The third-order valence-corrected chi connectivity index (χ3v) is 4.96. The van der Waals surface area contributed by atoms with Crippen molar-refractivity contribution in [3.05, 3.63) is 30.1 Å². The Morgan fingerprint density at radius 3 is 2.86 bits per heavy atom. The molecule has 4 nitrogen and oxygen atoms in total. The first-order valence-corrected chi connectivity index (χ1v) is 8.70. The van der Waals surface area contributed by atoms with Gasteiger partial charge in [-0.1, -0.05) is 6.07 Å². The van der Waals surface area contributed by atoms with Crippen LogP contribution in [0, 0.1) is 5.92 Å². The molecule has 0 aromatic carbocycles. The third-order valence-electron chi connectivity index (χ3n) is 4.96. The molecule has 120 valence electrons. The minimum Gasteiger partial charge on any atom is -0.343 e. The Morgan fingerprint density at radius 1 is 1.23 bits per heavy atom. The molecule has 3 rings (SSSR count). The molecule has 1 aromatic heterocycles. The summed E-state index contributed by atoms with van der Waals surface area (Å²) < 4.78 is 0. The molecule has 22 heavy (non-hydrogen) atoms. The van der Waals surface area contributed by atoms with Gasteiger partial charge in [0.25, 0.3) is 0 Å². The average molecular weight is 301 g/mol. The zero-order valence-electron chi connectivity index (χ0n) is 13.4. The van der Waals surface area contributed by atoms with Crippen molar-refractivity contribution < 1.29 is 4.79 Å². The molecule has 3 heterocycles. The molecule has 0 radical (unpaired) electrons. The predicted octanol–water partition coefficient (Wildman–Crippen LogP) is 2.70. The number of carbonyl (C=O) groups is 1. The summed E-state index contributed by atoms with van der Waals surface area (Å²) in [5.41, 5.74) is 1.29. The van der Waals surface area contributed by atoms with Crippen molar-refractivity contribution in [1.29, 1.82) is 0 Å². The molecule has 0 spiro atoms. The number of piperidine rings is 1. The van der Waals surface area contributed by atoms with Crippen LogP contribution >= 0.6 is 0 Å². The van der Waals surface area contributed by atoms with Crippen molar-refractivity contribution >= 4 is 5.91 Å². The van der Waals surface area contributed by atoms with E-state index in [-0.39, 0.29) is 0 Å². The zero-order valence-corrected chi connectivity index (χ0v) is 13.4. The molecule has 0 unspecified atom stereocenters. The maximum Gasteiger partial charge on any atom is 0.222 e. The molecule has 2 aliphatic rings. The van der Waals surface area contributed by atoms with Gasteiger partial charge in [0.05, 0.1) is 0 Å². The zero-order chi connectivity index (χ0) is 15.2. The monoisotopic (exact) mass is 301 g/mol. The van der Waals surface area contributed by atoms with E-state index in [1.165, 1.54) is 37.8 Å². The second kappa shape index (κ2) is 7.73. The fraction of sp³-hybridized carbons (Fsp3) is 0.667. The fourth-order valence-corrected chi connectivity index (χ4v) is 3.73. The Morgan fingerprint density at radius 2 is 2.09 bits per heavy atom. The van der Waals surface area contributed by atoms with E-state index < -0.39 is 0 Å². The van der Waals surface area contributed by atoms with Crippen LogP contribution in [-0.2, 0) is 11.3 Å². The minimum atomic E-state index is 0.377. The number of likely N-dealkylation sites (tertiary alicyclic amines) is 2. The van der Waals surface area contributed by atoms with Gasteiger partial charge >= 0.3 is 0 Å². The predicted molar refractivity (Wildman–Crippen MR) is 87.3 cm³/mol. The fourth-order valence-electron chi connectivity index (χ4n) is 3.73. The number of pyridine rings is 1. The molecule has 2 fully saturated rings. The molecular formula is C18H27N3O. The molecule has 0 bridgehead atoms. The van der Waals surface area contributed by atoms with Gasteiger partial charge in [0.1, 0.15) is 0 Å². The first-order chi connectivity index (χ1) is 10.8. The maximum absolute atomic E-state index is 12.2. The lowest BCUT2D eigenvalue weighted by Gasteiger charge is -2.33. The summed E-state index contributed by atoms with van der Waals surface area (Å²) in [5, 5.41) is 0. The summed E-state index contributed by atoms with van der Waals surface area (Å²) in [7, 11) is 0. The van der Waals surface area contributed by atoms with Crippen molar-refractivity contribution in [2.24, 2.45) is 5.92 Å². The van der Waals surface area contributed by atoms with Crippen molar-refractivity contribution in [2.45, 2.75) is 45.1 Å². The molecule has 4 heteroatoms. The number of carbonyl (C=O) groups excluding carboxylic acids is 1. The van der Waals surface area contributed by atoms with E-state index in [1.54, 1.807) is 0 Å². The molecule has 2 aliphatic heterocycles. The van der Waals surface area contributed by atoms with Gasteiger partial charge in [0.15, 0.2) is 0 Å². The minimum absolute atomic E-state index is 0.377. The van der Waals surface area contributed by atoms with Crippen LogP contribution in [-0.4, -0.2) is 46.9 Å². The van der Waals surface area contributed by atoms with E-state index in [2.05, 4.69) is 20.9 Å².